The number of pyridine rings is 2. The Balaban J connectivity index is 0.000000204. The van der Waals surface area contributed by atoms with Crippen LogP contribution in [-0.4, -0.2) is 23.2 Å². The van der Waals surface area contributed by atoms with Gasteiger partial charge in [0.25, 0.3) is 0 Å². The van der Waals surface area contributed by atoms with Crippen molar-refractivity contribution >= 4 is 39.6 Å². The summed E-state index contributed by atoms with van der Waals surface area (Å²) in [5.74, 6) is 5.75. The zero-order chi connectivity index (χ0) is 38.3. The summed E-state index contributed by atoms with van der Waals surface area (Å²) in [5, 5.41) is 2.17. The van der Waals surface area contributed by atoms with Gasteiger partial charge in [0.2, 0.25) is 0 Å². The molecule has 7 rings (SSSR count). The van der Waals surface area contributed by atoms with Gasteiger partial charge in [0.15, 0.2) is 0 Å². The van der Waals surface area contributed by atoms with Crippen LogP contribution in [-0.2, 0) is 25.5 Å². The van der Waals surface area contributed by atoms with Crippen molar-refractivity contribution in [3.63, 3.8) is 0 Å². The van der Waals surface area contributed by atoms with Crippen LogP contribution in [0.2, 0.25) is 17.3 Å². The van der Waals surface area contributed by atoms with E-state index in [2.05, 4.69) is 116 Å². The third-order valence-corrected chi connectivity index (χ3v) is 13.6. The number of rotatable bonds is 6. The van der Waals surface area contributed by atoms with Gasteiger partial charge in [-0.15, -0.1) is 18.2 Å². The quantitative estimate of drug-likeness (QED) is 0.123. The first-order chi connectivity index (χ1) is 24.8. The van der Waals surface area contributed by atoms with Gasteiger partial charge in [-0.05, 0) is 34.7 Å². The standard InChI is InChI=1S/C24H24NO.C23H26GeN.Ir/c1-15(2)16-11-12-25-21(13-16)20-8-6-7-19-18-10-9-17(24(3,4)5)14-22(18)26-23(19)20;1-17(2)21-15-23(25-16-22(21)24(3,4)5)20-13-9-12-19(14-20)18-10-7-6-8-11-18;/h6-7,9-15H,1-5H3;6-12,14-17H,1-5H3;/q2*-1;/i15D;17D;. The molecule has 0 N–H and O–H groups in total. The van der Waals surface area contributed by atoms with Crippen LogP contribution in [0.4, 0.5) is 0 Å². The van der Waals surface area contributed by atoms with Gasteiger partial charge in [-0.25, -0.2) is 0 Å². The summed E-state index contributed by atoms with van der Waals surface area (Å²) in [7, 11) is 0. The fourth-order valence-electron chi connectivity index (χ4n) is 6.32. The molecular weight excluding hydrogens is 873 g/mol. The van der Waals surface area contributed by atoms with Gasteiger partial charge >= 0.3 is 156 Å². The number of furan rings is 1. The van der Waals surface area contributed by atoms with Crippen molar-refractivity contribution in [3.8, 4) is 33.6 Å². The maximum atomic E-state index is 8.62. The molecule has 0 amide bonds. The molecular formula is C47H50GeIrN2O-2. The van der Waals surface area contributed by atoms with Crippen LogP contribution in [0.1, 0.15) is 79.7 Å². The topological polar surface area (TPSA) is 38.9 Å². The fraction of sp³-hybridized carbons (Fsp3) is 0.277. The van der Waals surface area contributed by atoms with E-state index in [1.165, 1.54) is 15.5 Å². The summed E-state index contributed by atoms with van der Waals surface area (Å²) in [6, 6.07) is 39.5. The normalized spacial score (nSPS) is 12.8. The van der Waals surface area contributed by atoms with Gasteiger partial charge in [-0.1, -0.05) is 69.3 Å². The van der Waals surface area contributed by atoms with E-state index >= 15 is 0 Å². The van der Waals surface area contributed by atoms with E-state index in [4.69, 9.17) is 12.1 Å². The first kappa shape index (κ1) is 36.5. The number of aromatic nitrogens is 2. The Labute approximate surface area is 329 Å². The second-order valence-corrected chi connectivity index (χ2v) is 26.4. The Kier molecular flexibility index (Phi) is 11.3. The van der Waals surface area contributed by atoms with E-state index in [0.29, 0.717) is 0 Å². The third-order valence-electron chi connectivity index (χ3n) is 9.33. The van der Waals surface area contributed by atoms with Crippen molar-refractivity contribution in [2.75, 3.05) is 0 Å². The predicted molar refractivity (Wildman–Crippen MR) is 220 cm³/mol. The van der Waals surface area contributed by atoms with Crippen molar-refractivity contribution in [1.29, 1.82) is 0 Å². The van der Waals surface area contributed by atoms with Gasteiger partial charge in [-0.3, -0.25) is 0 Å². The molecule has 0 saturated carbocycles. The minimum absolute atomic E-state index is 0. The number of fused-ring (bicyclic) bond motifs is 3. The van der Waals surface area contributed by atoms with E-state index in [-0.39, 0.29) is 25.5 Å². The predicted octanol–water partition coefficient (Wildman–Crippen LogP) is 12.8. The zero-order valence-electron chi connectivity index (χ0n) is 34.0. The molecule has 0 fully saturated rings. The maximum absolute atomic E-state index is 8.62. The van der Waals surface area contributed by atoms with Crippen LogP contribution in [0.5, 0.6) is 0 Å². The second-order valence-electron chi connectivity index (χ2n) is 15.8. The summed E-state index contributed by atoms with van der Waals surface area (Å²) >= 11 is -2.10. The molecule has 1 radical (unpaired) electrons. The third kappa shape index (κ3) is 8.68. The van der Waals surface area contributed by atoms with E-state index in [9.17, 15) is 0 Å². The van der Waals surface area contributed by atoms with Gasteiger partial charge in [-0.2, -0.15) is 0 Å². The number of hydrogen-bond acceptors (Lipinski definition) is 3. The van der Waals surface area contributed by atoms with E-state index in [1.54, 1.807) is 6.20 Å². The van der Waals surface area contributed by atoms with Crippen LogP contribution < -0.4 is 4.40 Å². The Morgan fingerprint density at radius 1 is 0.731 bits per heavy atom. The minimum Gasteiger partial charge on any atom is -0.501 e. The van der Waals surface area contributed by atoms with Crippen molar-refractivity contribution in [2.45, 2.75) is 82.9 Å². The van der Waals surface area contributed by atoms with Crippen LogP contribution in [0.3, 0.4) is 0 Å². The molecule has 0 atom stereocenters. The number of nitrogens with zero attached hydrogens (tertiary/aromatic N) is 2. The molecule has 4 aromatic carbocycles. The smallest absolute Gasteiger partial charge is 0.121 e. The molecule has 3 heterocycles. The molecule has 0 aliphatic carbocycles. The average Bonchev–Trinajstić information content (AvgIpc) is 3.49. The first-order valence-electron chi connectivity index (χ1n) is 18.7. The Hall–Kier alpha value is -3.83. The monoisotopic (exact) mass is 927 g/mol. The Morgan fingerprint density at radius 3 is 2.13 bits per heavy atom. The van der Waals surface area contributed by atoms with Crippen molar-refractivity contribution in [2.24, 2.45) is 0 Å². The Bertz CT molecular complexity index is 2400. The fourth-order valence-corrected chi connectivity index (χ4v) is 9.63. The summed E-state index contributed by atoms with van der Waals surface area (Å²) in [6.45, 7) is 14.3. The van der Waals surface area contributed by atoms with Crippen molar-refractivity contribution in [3.05, 3.63) is 138 Å². The molecule has 3 aromatic heterocycles. The molecule has 7 aromatic rings. The van der Waals surface area contributed by atoms with Crippen LogP contribution in [0, 0.1) is 12.1 Å². The maximum Gasteiger partial charge on any atom is 0.121 e. The molecule has 0 unspecified atom stereocenters. The average molecular weight is 926 g/mol. The largest absolute Gasteiger partial charge is 0.501 e. The molecule has 0 spiro atoms. The van der Waals surface area contributed by atoms with Crippen LogP contribution in [0.25, 0.3) is 55.6 Å². The summed E-state index contributed by atoms with van der Waals surface area (Å²) < 4.78 is 24.5. The van der Waals surface area contributed by atoms with Gasteiger partial charge in [0.05, 0.1) is 5.58 Å². The van der Waals surface area contributed by atoms with Gasteiger partial charge in [0.1, 0.15) is 5.58 Å². The molecule has 0 bridgehead atoms. The zero-order valence-corrected chi connectivity index (χ0v) is 36.5. The number of benzene rings is 4. The van der Waals surface area contributed by atoms with E-state index < -0.39 is 25.1 Å². The van der Waals surface area contributed by atoms with Crippen LogP contribution in [0.15, 0.2) is 114 Å². The molecule has 269 valence electrons. The molecule has 52 heavy (non-hydrogen) atoms. The van der Waals surface area contributed by atoms with E-state index in [0.717, 1.165) is 61.1 Å². The minimum atomic E-state index is -2.10. The number of hydrogen-bond donors (Lipinski definition) is 0. The first-order valence-corrected chi connectivity index (χ1v) is 25.1. The molecule has 0 saturated heterocycles. The van der Waals surface area contributed by atoms with Crippen molar-refractivity contribution < 1.29 is 27.3 Å². The molecule has 5 heteroatoms. The second kappa shape index (κ2) is 16.0. The van der Waals surface area contributed by atoms with Gasteiger partial charge in [0, 0.05) is 33.1 Å². The summed E-state index contributed by atoms with van der Waals surface area (Å²) in [4.78, 5) is 9.28. The molecule has 0 aliphatic rings. The summed E-state index contributed by atoms with van der Waals surface area (Å²) in [6.07, 6.45) is 3.78. The van der Waals surface area contributed by atoms with Gasteiger partial charge < -0.3 is 9.40 Å². The van der Waals surface area contributed by atoms with Crippen molar-refractivity contribution in [1.82, 2.24) is 9.97 Å². The van der Waals surface area contributed by atoms with Crippen LogP contribution >= 0.6 is 0 Å². The summed E-state index contributed by atoms with van der Waals surface area (Å²) in [5.41, 5.74) is 10.9. The SMILES string of the molecule is [2H]C(C)(C)c1cc(-c2[c-]ccc(-c3ccccc3)c2)nc[c]1[Ge]([CH3])([CH3])[CH3].[2H]C(C)(C)c1ccnc(-c2[c-]ccc3c2oc2cc(C(C)(C)C)ccc23)c1.[Ir]. The Morgan fingerprint density at radius 2 is 1.46 bits per heavy atom. The molecule has 0 aliphatic heterocycles. The van der Waals surface area contributed by atoms with E-state index in [1.807, 2.05) is 70.3 Å². The molecule has 3 nitrogen and oxygen atoms in total.